The molecule has 2 atom stereocenters. The summed E-state index contributed by atoms with van der Waals surface area (Å²) >= 11 is 0. The topological polar surface area (TPSA) is 111 Å². The molecule has 0 spiro atoms. The highest BCUT2D eigenvalue weighted by molar-refractivity contribution is 7.45. The first kappa shape index (κ1) is 82.7. The number of likely N-dealkylation sites (N-methyl/N-ethyl adjacent to an activating group) is 1. The van der Waals surface area contributed by atoms with Gasteiger partial charge in [-0.3, -0.25) is 14.2 Å². The Labute approximate surface area is 531 Å². The maximum atomic E-state index is 12.9. The van der Waals surface area contributed by atoms with Gasteiger partial charge in [0.05, 0.1) is 27.7 Å². The van der Waals surface area contributed by atoms with Crippen molar-refractivity contribution >= 4 is 19.8 Å². The van der Waals surface area contributed by atoms with Gasteiger partial charge in [0.25, 0.3) is 7.82 Å². The number of phosphoric ester groups is 1. The third kappa shape index (κ3) is 69.8. The molecule has 0 aliphatic carbocycles. The van der Waals surface area contributed by atoms with Gasteiger partial charge in [-0.15, -0.1) is 0 Å². The van der Waals surface area contributed by atoms with Crippen LogP contribution in [-0.2, 0) is 32.7 Å². The normalized spacial score (nSPS) is 13.8. The number of nitrogens with zero attached hydrogens (tertiary/aromatic N) is 1. The second-order valence-electron chi connectivity index (χ2n) is 24.8. The number of rotatable bonds is 65. The van der Waals surface area contributed by atoms with E-state index in [0.29, 0.717) is 17.4 Å². The largest absolute Gasteiger partial charge is 0.756 e. The minimum atomic E-state index is -4.65. The number of phosphoric acid groups is 1. The Kier molecular flexibility index (Phi) is 63.5. The average Bonchev–Trinajstić information content (AvgIpc) is 3.70. The Morgan fingerprint density at radius 1 is 0.360 bits per heavy atom. The fourth-order valence-electron chi connectivity index (χ4n) is 9.91. The molecule has 0 aliphatic rings. The lowest BCUT2D eigenvalue weighted by Gasteiger charge is -2.28. The monoisotopic (exact) mass is 1220 g/mol. The van der Waals surface area contributed by atoms with Gasteiger partial charge in [0.1, 0.15) is 19.8 Å². The third-order valence-electron chi connectivity index (χ3n) is 15.3. The summed E-state index contributed by atoms with van der Waals surface area (Å²) in [7, 11) is 1.16. The molecule has 496 valence electrons. The average molecular weight is 1220 g/mol. The van der Waals surface area contributed by atoms with E-state index in [1.165, 1.54) is 173 Å². The van der Waals surface area contributed by atoms with Crippen LogP contribution in [0.5, 0.6) is 0 Å². The molecule has 0 aliphatic heterocycles. The van der Waals surface area contributed by atoms with Crippen molar-refractivity contribution < 1.29 is 42.1 Å². The highest BCUT2D eigenvalue weighted by Crippen LogP contribution is 2.38. The molecule has 86 heavy (non-hydrogen) atoms. The lowest BCUT2D eigenvalue weighted by molar-refractivity contribution is -0.870. The summed E-state index contributed by atoms with van der Waals surface area (Å²) in [6, 6.07) is 0. The first-order valence-corrected chi connectivity index (χ1v) is 37.1. The Hall–Kier alpha value is -3.33. The van der Waals surface area contributed by atoms with Gasteiger partial charge in [0.2, 0.25) is 0 Å². The number of esters is 2. The van der Waals surface area contributed by atoms with Crippen molar-refractivity contribution in [3.63, 3.8) is 0 Å². The number of hydrogen-bond donors (Lipinski definition) is 0. The summed E-state index contributed by atoms with van der Waals surface area (Å²) in [5, 5.41) is 0. The highest BCUT2D eigenvalue weighted by Gasteiger charge is 2.22. The second kappa shape index (κ2) is 66.1. The smallest absolute Gasteiger partial charge is 0.306 e. The molecule has 0 aromatic heterocycles. The molecule has 10 heteroatoms. The van der Waals surface area contributed by atoms with Gasteiger partial charge in [-0.2, -0.15) is 0 Å². The van der Waals surface area contributed by atoms with Gasteiger partial charge < -0.3 is 27.9 Å². The molecule has 0 bridgehead atoms. The molecule has 0 N–H and O–H groups in total. The fourth-order valence-corrected chi connectivity index (χ4v) is 10.6. The van der Waals surface area contributed by atoms with Crippen molar-refractivity contribution in [2.24, 2.45) is 0 Å². The maximum absolute atomic E-state index is 12.9. The van der Waals surface area contributed by atoms with Crippen LogP contribution in [0.15, 0.2) is 109 Å². The summed E-state index contributed by atoms with van der Waals surface area (Å²) in [5.41, 5.74) is 0. The number of hydrogen-bond acceptors (Lipinski definition) is 8. The Bertz CT molecular complexity index is 1820. The van der Waals surface area contributed by atoms with E-state index in [2.05, 4.69) is 123 Å². The number of carbonyl (C=O) groups is 2. The molecular formula is C76H134NO8P. The minimum absolute atomic E-state index is 0.0349. The van der Waals surface area contributed by atoms with E-state index in [1.807, 2.05) is 21.1 Å². The van der Waals surface area contributed by atoms with Crippen LogP contribution in [0.2, 0.25) is 0 Å². The molecular weight excluding hydrogens is 1090 g/mol. The van der Waals surface area contributed by atoms with Gasteiger partial charge in [0, 0.05) is 12.8 Å². The van der Waals surface area contributed by atoms with E-state index < -0.39 is 26.5 Å². The van der Waals surface area contributed by atoms with Crippen molar-refractivity contribution in [2.45, 2.75) is 315 Å². The molecule has 0 rings (SSSR count). The Balaban J connectivity index is 3.98. The van der Waals surface area contributed by atoms with Crippen LogP contribution in [0.4, 0.5) is 0 Å². The molecule has 0 aromatic carbocycles. The van der Waals surface area contributed by atoms with Crippen LogP contribution in [0.25, 0.3) is 0 Å². The zero-order valence-electron chi connectivity index (χ0n) is 56.5. The predicted octanol–water partition coefficient (Wildman–Crippen LogP) is 22.6. The summed E-state index contributed by atoms with van der Waals surface area (Å²) < 4.78 is 34.3. The summed E-state index contributed by atoms with van der Waals surface area (Å²) in [4.78, 5) is 38.1. The SMILES string of the molecule is CC/C=C\C/C=C\C/C=C\C/C=C\C/C=C\CCCCCCCCCCCC(=O)OC(COC(=O)CCCCCCCCCCCCCCCCCCCCCCCCCC/C=C\C/C=C\C/C=C\C/C=C\CC)COP(=O)([O-])OCC[N+](C)(C)C. The van der Waals surface area contributed by atoms with Crippen LogP contribution in [0, 0.1) is 0 Å². The van der Waals surface area contributed by atoms with Crippen LogP contribution >= 0.6 is 7.82 Å². The summed E-state index contributed by atoms with van der Waals surface area (Å²) in [6.07, 6.45) is 93.2. The standard InChI is InChI=1S/C76H134NO8P/c1-6-8-10-12-14-16-18-20-22-24-26-28-30-32-33-34-35-36-37-38-39-40-41-42-43-45-46-48-50-52-54-56-58-60-62-64-66-68-75(78)82-72-74(73-84-86(80,81)83-71-70-77(3,4)5)85-76(79)69-67-65-63-61-59-57-55-53-51-49-47-44-31-29-27-25-23-21-19-17-15-13-11-9-7-2/h8-11,14-17,20-23,26-29,44,47,74H,6-7,12-13,18-19,24-25,30-43,45-46,48-73H2,1-5H3/b10-8-,11-9-,16-14-,17-15-,22-20-,23-21-,28-26-,29-27-,47-44-. The maximum Gasteiger partial charge on any atom is 0.306 e. The van der Waals surface area contributed by atoms with Crippen LogP contribution in [0.3, 0.4) is 0 Å². The fraction of sp³-hybridized carbons (Fsp3) is 0.737. The lowest BCUT2D eigenvalue weighted by atomic mass is 10.0. The van der Waals surface area contributed by atoms with Gasteiger partial charge in [0.15, 0.2) is 6.10 Å². The molecule has 0 heterocycles. The van der Waals surface area contributed by atoms with Gasteiger partial charge in [-0.05, 0) is 96.3 Å². The molecule has 0 fully saturated rings. The third-order valence-corrected chi connectivity index (χ3v) is 16.3. The zero-order valence-corrected chi connectivity index (χ0v) is 57.4. The van der Waals surface area contributed by atoms with Crippen LogP contribution in [-0.4, -0.2) is 70.0 Å². The van der Waals surface area contributed by atoms with Gasteiger partial charge in [-0.25, -0.2) is 0 Å². The van der Waals surface area contributed by atoms with E-state index in [9.17, 15) is 19.0 Å². The molecule has 0 saturated heterocycles. The zero-order chi connectivity index (χ0) is 62.6. The van der Waals surface area contributed by atoms with Gasteiger partial charge in [-0.1, -0.05) is 309 Å². The number of ether oxygens (including phenoxy) is 2. The summed E-state index contributed by atoms with van der Waals surface area (Å²) in [6.45, 7) is 4.03. The van der Waals surface area contributed by atoms with Crippen LogP contribution in [0.1, 0.15) is 309 Å². The summed E-state index contributed by atoms with van der Waals surface area (Å²) in [5.74, 6) is -0.833. The van der Waals surface area contributed by atoms with Gasteiger partial charge >= 0.3 is 11.9 Å². The van der Waals surface area contributed by atoms with E-state index in [4.69, 9.17) is 18.5 Å². The first-order chi connectivity index (χ1) is 42.0. The van der Waals surface area contributed by atoms with E-state index in [-0.39, 0.29) is 32.0 Å². The van der Waals surface area contributed by atoms with Crippen molar-refractivity contribution in [3.05, 3.63) is 109 Å². The number of quaternary nitrogens is 1. The predicted molar refractivity (Wildman–Crippen MR) is 369 cm³/mol. The first-order valence-electron chi connectivity index (χ1n) is 35.6. The molecule has 2 unspecified atom stereocenters. The highest BCUT2D eigenvalue weighted by atomic mass is 31.2. The quantitative estimate of drug-likeness (QED) is 0.0195. The molecule has 0 aromatic rings. The lowest BCUT2D eigenvalue weighted by Crippen LogP contribution is -2.37. The van der Waals surface area contributed by atoms with E-state index in [1.54, 1.807) is 0 Å². The van der Waals surface area contributed by atoms with Crippen LogP contribution < -0.4 is 4.89 Å². The van der Waals surface area contributed by atoms with Crippen molar-refractivity contribution in [1.29, 1.82) is 0 Å². The Morgan fingerprint density at radius 3 is 0.930 bits per heavy atom. The number of allylic oxidation sites excluding steroid dienone is 18. The number of unbranched alkanes of at least 4 members (excludes halogenated alkanes) is 33. The van der Waals surface area contributed by atoms with Crippen molar-refractivity contribution in [2.75, 3.05) is 47.5 Å². The molecule has 9 nitrogen and oxygen atoms in total. The Morgan fingerprint density at radius 2 is 0.628 bits per heavy atom. The molecule has 0 amide bonds. The van der Waals surface area contributed by atoms with E-state index in [0.717, 1.165) is 103 Å². The minimum Gasteiger partial charge on any atom is -0.756 e. The van der Waals surface area contributed by atoms with E-state index >= 15 is 0 Å². The molecule has 0 radical (unpaired) electrons. The van der Waals surface area contributed by atoms with Crippen molar-refractivity contribution in [3.8, 4) is 0 Å². The van der Waals surface area contributed by atoms with Crippen molar-refractivity contribution in [1.82, 2.24) is 0 Å². The molecule has 0 saturated carbocycles. The number of carbonyl (C=O) groups excluding carboxylic acids is 2. The second-order valence-corrected chi connectivity index (χ2v) is 26.2.